The second-order valence-electron chi connectivity index (χ2n) is 2.49. The van der Waals surface area contributed by atoms with Gasteiger partial charge in [-0.3, -0.25) is 0 Å². The molecular weight excluding hydrogens is 180 g/mol. The molecule has 0 saturated heterocycles. The van der Waals surface area contributed by atoms with Crippen LogP contribution in [0.15, 0.2) is 23.1 Å². The van der Waals surface area contributed by atoms with Crippen LogP contribution in [0, 0.1) is 13.8 Å². The van der Waals surface area contributed by atoms with E-state index in [9.17, 15) is 4.21 Å². The van der Waals surface area contributed by atoms with Crippen LogP contribution in [0.5, 0.6) is 0 Å². The monoisotopic (exact) mass is 188 g/mol. The third kappa shape index (κ3) is 2.04. The van der Waals surface area contributed by atoms with Crippen LogP contribution in [-0.2, 0) is 10.0 Å². The fraction of sp³-hybridized carbons (Fsp3) is 0.250. The summed E-state index contributed by atoms with van der Waals surface area (Å²) >= 11 is 0. The van der Waals surface area contributed by atoms with Gasteiger partial charge in [0.25, 0.3) is 0 Å². The molecule has 0 heterocycles. The first-order valence-corrected chi connectivity index (χ1v) is 5.24. The van der Waals surface area contributed by atoms with Crippen LogP contribution in [0.25, 0.3) is 0 Å². The second-order valence-corrected chi connectivity index (χ2v) is 4.22. The zero-order valence-corrected chi connectivity index (χ0v) is 8.00. The van der Waals surface area contributed by atoms with Crippen molar-refractivity contribution in [2.75, 3.05) is 0 Å². The molecule has 0 aliphatic carbocycles. The minimum Gasteiger partial charge on any atom is -0.237 e. The van der Waals surface area contributed by atoms with Crippen molar-refractivity contribution in [1.29, 1.82) is 0 Å². The van der Waals surface area contributed by atoms with E-state index in [-0.39, 0.29) is 0 Å². The predicted octanol–water partition coefficient (Wildman–Crippen LogP) is 2.56. The lowest BCUT2D eigenvalue weighted by Gasteiger charge is -2.00. The Morgan fingerprint density at radius 2 is 2.00 bits per heavy atom. The Bertz CT molecular complexity index is 296. The van der Waals surface area contributed by atoms with Crippen molar-refractivity contribution in [1.82, 2.24) is 0 Å². The van der Waals surface area contributed by atoms with Gasteiger partial charge in [0.1, 0.15) is 10.0 Å². The van der Waals surface area contributed by atoms with Crippen LogP contribution in [0.3, 0.4) is 0 Å². The van der Waals surface area contributed by atoms with Gasteiger partial charge in [-0.2, -0.15) is 0 Å². The lowest BCUT2D eigenvalue weighted by molar-refractivity contribution is 0.690. The van der Waals surface area contributed by atoms with Gasteiger partial charge < -0.3 is 0 Å². The van der Waals surface area contributed by atoms with E-state index in [1.165, 1.54) is 0 Å². The van der Waals surface area contributed by atoms with Crippen LogP contribution < -0.4 is 0 Å². The maximum absolute atomic E-state index is 10.9. The van der Waals surface area contributed by atoms with Gasteiger partial charge in [0.2, 0.25) is 0 Å². The largest absolute Gasteiger partial charge is 0.237 e. The number of hydrogen-bond donors (Lipinski definition) is 0. The van der Waals surface area contributed by atoms with Gasteiger partial charge in [0.15, 0.2) is 0 Å². The Balaban J connectivity index is 3.23. The number of aryl methyl sites for hydroxylation is 2. The second kappa shape index (κ2) is 3.37. The summed E-state index contributed by atoms with van der Waals surface area (Å²) in [4.78, 5) is 0.715. The zero-order valence-electron chi connectivity index (χ0n) is 6.43. The number of hydrogen-bond acceptors (Lipinski definition) is 1. The van der Waals surface area contributed by atoms with Gasteiger partial charge in [0.05, 0.1) is 4.90 Å². The molecule has 60 valence electrons. The average Bonchev–Trinajstić information content (AvgIpc) is 1.94. The van der Waals surface area contributed by atoms with Gasteiger partial charge in [-0.25, -0.2) is 4.21 Å². The Labute approximate surface area is 73.3 Å². The van der Waals surface area contributed by atoms with E-state index >= 15 is 0 Å². The molecule has 0 spiro atoms. The highest BCUT2D eigenvalue weighted by molar-refractivity contribution is 8.08. The highest BCUT2D eigenvalue weighted by Crippen LogP contribution is 2.16. The first kappa shape index (κ1) is 8.75. The number of rotatable bonds is 1. The van der Waals surface area contributed by atoms with Gasteiger partial charge in [-0.05, 0) is 41.7 Å². The van der Waals surface area contributed by atoms with Crippen LogP contribution in [-0.4, -0.2) is 4.21 Å². The van der Waals surface area contributed by atoms with Gasteiger partial charge >= 0.3 is 0 Å². The molecular formula is C8H9ClOS. The molecule has 1 rings (SSSR count). The Morgan fingerprint density at radius 1 is 1.36 bits per heavy atom. The molecule has 0 fully saturated rings. The smallest absolute Gasteiger partial charge is 0.147 e. The third-order valence-corrected chi connectivity index (χ3v) is 2.80. The molecule has 0 saturated carbocycles. The molecule has 1 aromatic carbocycles. The first-order valence-electron chi connectivity index (χ1n) is 3.26. The minimum absolute atomic E-state index is 0.715. The van der Waals surface area contributed by atoms with Crippen molar-refractivity contribution >= 4 is 20.7 Å². The van der Waals surface area contributed by atoms with E-state index in [0.29, 0.717) is 4.90 Å². The van der Waals surface area contributed by atoms with Crippen molar-refractivity contribution in [3.8, 4) is 0 Å². The summed E-state index contributed by atoms with van der Waals surface area (Å²) in [5, 5.41) is 0. The maximum Gasteiger partial charge on any atom is 0.147 e. The van der Waals surface area contributed by atoms with Gasteiger partial charge in [-0.15, -0.1) is 0 Å². The van der Waals surface area contributed by atoms with Crippen molar-refractivity contribution in [3.63, 3.8) is 0 Å². The van der Waals surface area contributed by atoms with Crippen LogP contribution in [0.4, 0.5) is 0 Å². The van der Waals surface area contributed by atoms with E-state index in [1.54, 1.807) is 0 Å². The van der Waals surface area contributed by atoms with E-state index < -0.39 is 10.0 Å². The molecule has 11 heavy (non-hydrogen) atoms. The highest BCUT2D eigenvalue weighted by Gasteiger charge is 2.02. The number of benzene rings is 1. The molecule has 0 aliphatic rings. The molecule has 0 radical (unpaired) electrons. The fourth-order valence-electron chi connectivity index (χ4n) is 0.880. The van der Waals surface area contributed by atoms with Crippen molar-refractivity contribution in [2.45, 2.75) is 18.7 Å². The molecule has 3 heteroatoms. The molecule has 1 atom stereocenters. The third-order valence-electron chi connectivity index (χ3n) is 1.52. The summed E-state index contributed by atoms with van der Waals surface area (Å²) in [6.07, 6.45) is 0. The molecule has 0 aliphatic heterocycles. The molecule has 1 aromatic rings. The van der Waals surface area contributed by atoms with E-state index in [2.05, 4.69) is 0 Å². The van der Waals surface area contributed by atoms with Gasteiger partial charge in [-0.1, -0.05) is 12.1 Å². The van der Waals surface area contributed by atoms with Crippen LogP contribution in [0.2, 0.25) is 0 Å². The van der Waals surface area contributed by atoms with Crippen molar-refractivity contribution in [3.05, 3.63) is 29.3 Å². The highest BCUT2D eigenvalue weighted by atomic mass is 35.7. The topological polar surface area (TPSA) is 17.1 Å². The quantitative estimate of drug-likeness (QED) is 0.620. The standard InChI is InChI=1S/C8H9ClOS/c1-6-3-4-7(2)8(5-6)11(9)10/h3-5H,1-2H3. The van der Waals surface area contributed by atoms with E-state index in [0.717, 1.165) is 11.1 Å². The fourth-order valence-corrected chi connectivity index (χ4v) is 1.98. The molecule has 1 unspecified atom stereocenters. The number of halogens is 1. The Kier molecular flexibility index (Phi) is 2.68. The van der Waals surface area contributed by atoms with Crippen LogP contribution in [0.1, 0.15) is 11.1 Å². The summed E-state index contributed by atoms with van der Waals surface area (Å²) in [5.41, 5.74) is 2.06. The summed E-state index contributed by atoms with van der Waals surface area (Å²) in [5.74, 6) is 0. The molecule has 0 bridgehead atoms. The molecule has 0 N–H and O–H groups in total. The normalized spacial score (nSPS) is 13.0. The van der Waals surface area contributed by atoms with E-state index in [4.69, 9.17) is 10.7 Å². The first-order chi connectivity index (χ1) is 5.11. The maximum atomic E-state index is 10.9. The Hall–Kier alpha value is -0.340. The molecule has 1 nitrogen and oxygen atoms in total. The zero-order chi connectivity index (χ0) is 8.43. The lowest BCUT2D eigenvalue weighted by atomic mass is 10.2. The predicted molar refractivity (Wildman–Crippen MR) is 48.2 cm³/mol. The van der Waals surface area contributed by atoms with E-state index in [1.807, 2.05) is 32.0 Å². The lowest BCUT2D eigenvalue weighted by Crippen LogP contribution is -1.87. The average molecular weight is 189 g/mol. The Morgan fingerprint density at radius 3 is 2.45 bits per heavy atom. The van der Waals surface area contributed by atoms with Crippen LogP contribution >= 0.6 is 10.7 Å². The SMILES string of the molecule is Cc1ccc(C)c(S(=O)Cl)c1. The van der Waals surface area contributed by atoms with Crippen molar-refractivity contribution in [2.24, 2.45) is 0 Å². The van der Waals surface area contributed by atoms with Crippen molar-refractivity contribution < 1.29 is 4.21 Å². The summed E-state index contributed by atoms with van der Waals surface area (Å²) < 4.78 is 10.9. The molecule has 0 aromatic heterocycles. The molecule has 0 amide bonds. The minimum atomic E-state index is -1.38. The summed E-state index contributed by atoms with van der Waals surface area (Å²) in [6, 6.07) is 5.74. The summed E-state index contributed by atoms with van der Waals surface area (Å²) in [7, 11) is 4.07. The summed E-state index contributed by atoms with van der Waals surface area (Å²) in [6.45, 7) is 3.85. The van der Waals surface area contributed by atoms with Gasteiger partial charge in [0, 0.05) is 0 Å².